The van der Waals surface area contributed by atoms with Gasteiger partial charge in [0.25, 0.3) is 20.0 Å². The van der Waals surface area contributed by atoms with E-state index >= 15 is 0 Å². The van der Waals surface area contributed by atoms with E-state index in [0.29, 0.717) is 3.71 Å². The number of hydrogen-bond acceptors (Lipinski definition) is 7. The second-order valence-corrected chi connectivity index (χ2v) is 12.2. The van der Waals surface area contributed by atoms with Crippen LogP contribution in [0.3, 0.4) is 0 Å². The van der Waals surface area contributed by atoms with Crippen molar-refractivity contribution < 1.29 is 21.9 Å². The maximum absolute atomic E-state index is 13.8. The average molecular weight is 554 g/mol. The number of anilines is 2. The molecule has 0 saturated heterocycles. The van der Waals surface area contributed by atoms with Crippen molar-refractivity contribution in [1.82, 2.24) is 4.98 Å². The molecule has 33 heavy (non-hydrogen) atoms. The highest BCUT2D eigenvalue weighted by Gasteiger charge is 2.38. The van der Waals surface area contributed by atoms with Gasteiger partial charge < -0.3 is 10.4 Å². The molecule has 0 unspecified atom stereocenters. The van der Waals surface area contributed by atoms with E-state index in [4.69, 9.17) is 0 Å². The summed E-state index contributed by atoms with van der Waals surface area (Å²) in [6.45, 7) is 5.01. The molecule has 0 aliphatic heterocycles. The number of rotatable bonds is 8. The molecule has 3 rings (SSSR count). The van der Waals surface area contributed by atoms with Crippen LogP contribution >= 0.6 is 15.9 Å². The number of aryl methyl sites for hydroxylation is 2. The van der Waals surface area contributed by atoms with Crippen molar-refractivity contribution in [3.05, 3.63) is 76.5 Å². The van der Waals surface area contributed by atoms with Crippen LogP contribution in [0.5, 0.6) is 0 Å². The summed E-state index contributed by atoms with van der Waals surface area (Å²) in [4.78, 5) is 3.73. The van der Waals surface area contributed by atoms with Crippen molar-refractivity contribution in [1.29, 1.82) is 0 Å². The summed E-state index contributed by atoms with van der Waals surface area (Å²) in [5.41, 5.74) is 1.63. The maximum atomic E-state index is 13.8. The van der Waals surface area contributed by atoms with Crippen molar-refractivity contribution in [2.24, 2.45) is 0 Å². The van der Waals surface area contributed by atoms with E-state index in [1.165, 1.54) is 36.5 Å². The number of aromatic nitrogens is 1. The first kappa shape index (κ1) is 25.2. The van der Waals surface area contributed by atoms with E-state index in [1.54, 1.807) is 45.0 Å². The van der Waals surface area contributed by atoms with Gasteiger partial charge in [0.1, 0.15) is 4.60 Å². The molecule has 0 aliphatic rings. The van der Waals surface area contributed by atoms with Gasteiger partial charge in [0, 0.05) is 6.04 Å². The SMILES string of the molecule is Cc1ccc(S(=O)(=O)N(c2cc(Br)ncc2N[C@@H](C)CO)S(=O)(=O)c2ccc(C)cc2)cc1. The molecule has 0 saturated carbocycles. The first-order chi connectivity index (χ1) is 15.5. The molecule has 0 bridgehead atoms. The highest BCUT2D eigenvalue weighted by Crippen LogP contribution is 2.37. The summed E-state index contributed by atoms with van der Waals surface area (Å²) >= 11 is 3.21. The van der Waals surface area contributed by atoms with Crippen LogP contribution in [0.15, 0.2) is 75.2 Å². The van der Waals surface area contributed by atoms with E-state index in [-0.39, 0.29) is 32.4 Å². The zero-order valence-corrected chi connectivity index (χ0v) is 21.4. The van der Waals surface area contributed by atoms with Gasteiger partial charge in [0.15, 0.2) is 0 Å². The van der Waals surface area contributed by atoms with Gasteiger partial charge in [-0.25, -0.2) is 21.8 Å². The first-order valence-electron chi connectivity index (χ1n) is 9.93. The predicted molar refractivity (Wildman–Crippen MR) is 131 cm³/mol. The monoisotopic (exact) mass is 553 g/mol. The van der Waals surface area contributed by atoms with E-state index < -0.39 is 26.1 Å². The van der Waals surface area contributed by atoms with Gasteiger partial charge in [-0.2, -0.15) is 3.71 Å². The van der Waals surface area contributed by atoms with Gasteiger partial charge in [-0.05, 0) is 67.0 Å². The number of aliphatic hydroxyl groups excluding tert-OH is 1. The van der Waals surface area contributed by atoms with Crippen LogP contribution in [0.2, 0.25) is 0 Å². The molecule has 2 aromatic carbocycles. The van der Waals surface area contributed by atoms with E-state index in [2.05, 4.69) is 26.2 Å². The molecular formula is C22H24BrN3O5S2. The minimum Gasteiger partial charge on any atom is -0.394 e. The minimum absolute atomic E-state index is 0.131. The van der Waals surface area contributed by atoms with Crippen LogP contribution in [0.1, 0.15) is 18.1 Å². The number of aliphatic hydroxyl groups is 1. The summed E-state index contributed by atoms with van der Waals surface area (Å²) in [5.74, 6) is 0. The number of benzene rings is 2. The fourth-order valence-corrected chi connectivity index (χ4v) is 7.03. The molecule has 0 spiro atoms. The van der Waals surface area contributed by atoms with Gasteiger partial charge in [-0.1, -0.05) is 35.4 Å². The Balaban J connectivity index is 2.33. The second-order valence-electron chi connectivity index (χ2n) is 7.59. The van der Waals surface area contributed by atoms with Crippen molar-refractivity contribution >= 4 is 47.4 Å². The Bertz CT molecular complexity index is 1270. The molecule has 0 amide bonds. The Hall–Kier alpha value is -2.47. The van der Waals surface area contributed by atoms with Crippen LogP contribution in [-0.2, 0) is 20.0 Å². The standard InChI is InChI=1S/C22H24BrN3O5S2/c1-15-4-8-18(9-5-15)32(28,29)26(33(30,31)19-10-6-16(2)7-11-19)21-12-22(23)24-13-20(21)25-17(3)14-27/h4-13,17,25,27H,14H2,1-3H3/t17-/m0/s1. The average Bonchev–Trinajstić information content (AvgIpc) is 2.75. The van der Waals surface area contributed by atoms with Crippen LogP contribution in [0.25, 0.3) is 0 Å². The Labute approximate surface area is 202 Å². The molecule has 176 valence electrons. The lowest BCUT2D eigenvalue weighted by Gasteiger charge is -2.27. The second kappa shape index (κ2) is 9.80. The van der Waals surface area contributed by atoms with E-state index in [1.807, 2.05) is 0 Å². The molecule has 2 N–H and O–H groups in total. The lowest BCUT2D eigenvalue weighted by molar-refractivity contribution is 0.281. The summed E-state index contributed by atoms with van der Waals surface area (Å²) in [5, 5.41) is 12.4. The number of pyridine rings is 1. The number of nitrogens with one attached hydrogen (secondary N) is 1. The normalized spacial score (nSPS) is 12.9. The van der Waals surface area contributed by atoms with Crippen molar-refractivity contribution in [3.63, 3.8) is 0 Å². The Morgan fingerprint density at radius 1 is 0.939 bits per heavy atom. The number of sulfonamides is 2. The van der Waals surface area contributed by atoms with Gasteiger partial charge in [0.2, 0.25) is 0 Å². The van der Waals surface area contributed by atoms with Gasteiger partial charge in [0.05, 0.1) is 34.0 Å². The topological polar surface area (TPSA) is 117 Å². The van der Waals surface area contributed by atoms with Crippen molar-refractivity contribution in [2.75, 3.05) is 15.6 Å². The summed E-state index contributed by atoms with van der Waals surface area (Å²) in [6, 6.07) is 12.7. The predicted octanol–water partition coefficient (Wildman–Crippen LogP) is 3.84. The fourth-order valence-electron chi connectivity index (χ4n) is 2.99. The molecular weight excluding hydrogens is 530 g/mol. The Kier molecular flexibility index (Phi) is 7.47. The van der Waals surface area contributed by atoms with E-state index in [0.717, 1.165) is 11.1 Å². The molecule has 11 heteroatoms. The van der Waals surface area contributed by atoms with E-state index in [9.17, 15) is 21.9 Å². The van der Waals surface area contributed by atoms with Gasteiger partial charge in [-0.3, -0.25) is 0 Å². The number of halogens is 1. The lowest BCUT2D eigenvalue weighted by atomic mass is 10.2. The van der Waals surface area contributed by atoms with Crippen molar-refractivity contribution in [3.8, 4) is 0 Å². The zero-order valence-electron chi connectivity index (χ0n) is 18.2. The largest absolute Gasteiger partial charge is 0.394 e. The smallest absolute Gasteiger partial charge is 0.277 e. The number of hydrogen-bond donors (Lipinski definition) is 2. The fraction of sp³-hybridized carbons (Fsp3) is 0.227. The molecule has 1 aromatic heterocycles. The maximum Gasteiger partial charge on any atom is 0.277 e. The molecule has 0 fully saturated rings. The number of nitrogens with zero attached hydrogens (tertiary/aromatic N) is 2. The molecule has 3 aromatic rings. The minimum atomic E-state index is -4.57. The lowest BCUT2D eigenvalue weighted by Crippen LogP contribution is -2.38. The summed E-state index contributed by atoms with van der Waals surface area (Å²) in [7, 11) is -9.15. The van der Waals surface area contributed by atoms with Gasteiger partial charge in [-0.15, -0.1) is 0 Å². The van der Waals surface area contributed by atoms with Crippen molar-refractivity contribution in [2.45, 2.75) is 36.6 Å². The quantitative estimate of drug-likeness (QED) is 0.407. The third-order valence-electron chi connectivity index (χ3n) is 4.80. The third-order valence-corrected chi connectivity index (χ3v) is 9.41. The Morgan fingerprint density at radius 3 is 1.82 bits per heavy atom. The zero-order chi connectivity index (χ0) is 24.4. The van der Waals surface area contributed by atoms with Crippen LogP contribution in [0, 0.1) is 13.8 Å². The molecule has 1 heterocycles. The Morgan fingerprint density at radius 2 is 1.39 bits per heavy atom. The third kappa shape index (κ3) is 5.37. The van der Waals surface area contributed by atoms with Crippen LogP contribution < -0.4 is 9.03 Å². The van der Waals surface area contributed by atoms with Crippen LogP contribution in [-0.4, -0.2) is 39.6 Å². The summed E-state index contributed by atoms with van der Waals surface area (Å²) in [6.07, 6.45) is 1.31. The van der Waals surface area contributed by atoms with Crippen LogP contribution in [0.4, 0.5) is 11.4 Å². The molecule has 8 nitrogen and oxygen atoms in total. The first-order valence-corrected chi connectivity index (χ1v) is 13.6. The molecule has 1 atom stereocenters. The van der Waals surface area contributed by atoms with Gasteiger partial charge >= 0.3 is 0 Å². The summed E-state index contributed by atoms with van der Waals surface area (Å²) < 4.78 is 55.8. The molecule has 0 aliphatic carbocycles. The highest BCUT2D eigenvalue weighted by molar-refractivity contribution is 9.10. The molecule has 0 radical (unpaired) electrons. The highest BCUT2D eigenvalue weighted by atomic mass is 79.9.